The van der Waals surface area contributed by atoms with Crippen molar-refractivity contribution in [2.24, 2.45) is 11.8 Å². The smallest absolute Gasteiger partial charge is 0.338 e. The Kier molecular flexibility index (Phi) is 5.83. The van der Waals surface area contributed by atoms with E-state index in [1.165, 1.54) is 53.4 Å². The Hall–Kier alpha value is -5.44. The molecule has 3 aliphatic carbocycles. The fourth-order valence-corrected chi connectivity index (χ4v) is 6.75. The minimum Gasteiger partial charge on any atom is -0.454 e. The van der Waals surface area contributed by atoms with Gasteiger partial charge in [0, 0.05) is 29.5 Å². The Bertz CT molecular complexity index is 1700. The van der Waals surface area contributed by atoms with Crippen LogP contribution in [0, 0.1) is 22.0 Å². The number of benzene rings is 4. The number of hydrogen-bond acceptors (Lipinski definition) is 7. The molecule has 4 aliphatic rings. The van der Waals surface area contributed by atoms with Crippen molar-refractivity contribution < 1.29 is 28.8 Å². The fourth-order valence-electron chi connectivity index (χ4n) is 6.75. The number of anilines is 1. The summed E-state index contributed by atoms with van der Waals surface area (Å²) in [7, 11) is 0. The highest BCUT2D eigenvalue weighted by molar-refractivity contribution is 6.23. The van der Waals surface area contributed by atoms with Crippen molar-refractivity contribution in [1.82, 2.24) is 0 Å². The van der Waals surface area contributed by atoms with Crippen LogP contribution in [0.5, 0.6) is 0 Å². The van der Waals surface area contributed by atoms with Gasteiger partial charge in [0.05, 0.1) is 28.0 Å². The van der Waals surface area contributed by atoms with Gasteiger partial charge in [0.15, 0.2) is 12.4 Å². The molecular weight excluding hydrogens is 536 g/mol. The monoisotopic (exact) mass is 558 g/mol. The van der Waals surface area contributed by atoms with E-state index in [0.717, 1.165) is 22.3 Å². The molecular formula is C33H22N2O7. The van der Waals surface area contributed by atoms with E-state index in [9.17, 15) is 29.3 Å². The number of Topliss-reactive ketones (excluding diaryl/α,β-unsaturated/α-hetero) is 1. The molecule has 2 bridgehead atoms. The molecule has 9 heteroatoms. The number of amides is 2. The number of carbonyl (C=O) groups is 4. The van der Waals surface area contributed by atoms with Crippen LogP contribution in [0.4, 0.5) is 11.4 Å². The third kappa shape index (κ3) is 3.77. The Balaban J connectivity index is 1.10. The molecule has 8 rings (SSSR count). The SMILES string of the molecule is O=C(COC(=O)c1ccc(N2C(=O)C3C4c5ccccc5C(c5ccccc54)C3C2=O)cc1)c1ccc([N+](=O)[O-])cc1. The van der Waals surface area contributed by atoms with Gasteiger partial charge in [-0.05, 0) is 58.7 Å². The van der Waals surface area contributed by atoms with E-state index < -0.39 is 35.1 Å². The molecule has 0 aromatic heterocycles. The summed E-state index contributed by atoms with van der Waals surface area (Å²) in [4.78, 5) is 64.2. The van der Waals surface area contributed by atoms with Gasteiger partial charge in [0.1, 0.15) is 0 Å². The van der Waals surface area contributed by atoms with Gasteiger partial charge >= 0.3 is 5.97 Å². The summed E-state index contributed by atoms with van der Waals surface area (Å²) in [6, 6.07) is 27.0. The van der Waals surface area contributed by atoms with Gasteiger partial charge in [-0.2, -0.15) is 0 Å². The molecule has 206 valence electrons. The van der Waals surface area contributed by atoms with Crippen molar-refractivity contribution in [2.75, 3.05) is 11.5 Å². The Morgan fingerprint density at radius 1 is 0.690 bits per heavy atom. The molecule has 0 N–H and O–H groups in total. The van der Waals surface area contributed by atoms with Crippen molar-refractivity contribution >= 4 is 34.9 Å². The lowest BCUT2D eigenvalue weighted by Gasteiger charge is -2.45. The average Bonchev–Trinajstić information content (AvgIpc) is 3.29. The van der Waals surface area contributed by atoms with Crippen molar-refractivity contribution in [1.29, 1.82) is 0 Å². The summed E-state index contributed by atoms with van der Waals surface area (Å²) in [6.45, 7) is -0.547. The molecule has 42 heavy (non-hydrogen) atoms. The standard InChI is InChI=1S/C33H22N2O7/c36-26(18-9-15-21(16-10-18)35(40)41)17-42-33(39)19-11-13-20(14-12-19)34-31(37)29-27-22-5-1-2-6-23(22)28(30(29)32(34)38)25-8-4-3-7-24(25)27/h1-16,27-30H,17H2. The minimum atomic E-state index is -0.756. The van der Waals surface area contributed by atoms with E-state index in [1.807, 2.05) is 48.5 Å². The molecule has 2 amide bonds. The zero-order chi connectivity index (χ0) is 29.1. The molecule has 4 aromatic carbocycles. The van der Waals surface area contributed by atoms with Gasteiger partial charge < -0.3 is 4.74 Å². The number of nitro groups is 1. The predicted octanol–water partition coefficient (Wildman–Crippen LogP) is 5.03. The highest BCUT2D eigenvalue weighted by Gasteiger charge is 2.61. The lowest BCUT2D eigenvalue weighted by Crippen LogP contribution is -2.41. The first-order valence-electron chi connectivity index (χ1n) is 13.5. The number of imide groups is 1. The summed E-state index contributed by atoms with van der Waals surface area (Å²) >= 11 is 0. The number of carbonyl (C=O) groups excluding carboxylic acids is 4. The van der Waals surface area contributed by atoms with E-state index in [4.69, 9.17) is 4.74 Å². The van der Waals surface area contributed by atoms with Gasteiger partial charge in [-0.25, -0.2) is 9.69 Å². The second-order valence-electron chi connectivity index (χ2n) is 10.6. The number of ether oxygens (including phenoxy) is 1. The van der Waals surface area contributed by atoms with Crippen LogP contribution in [0.2, 0.25) is 0 Å². The summed E-state index contributed by atoms with van der Waals surface area (Å²) < 4.78 is 5.14. The molecule has 1 saturated heterocycles. The first-order valence-corrected chi connectivity index (χ1v) is 13.5. The molecule has 9 nitrogen and oxygen atoms in total. The number of rotatable bonds is 6. The van der Waals surface area contributed by atoms with Crippen LogP contribution in [0.1, 0.15) is 54.8 Å². The average molecular weight is 559 g/mol. The van der Waals surface area contributed by atoms with E-state index in [2.05, 4.69) is 0 Å². The topological polar surface area (TPSA) is 124 Å². The van der Waals surface area contributed by atoms with Gasteiger partial charge in [0.25, 0.3) is 5.69 Å². The Labute approximate surface area is 239 Å². The molecule has 1 aliphatic heterocycles. The van der Waals surface area contributed by atoms with Crippen LogP contribution < -0.4 is 4.90 Å². The van der Waals surface area contributed by atoms with E-state index in [-0.39, 0.29) is 40.5 Å². The van der Waals surface area contributed by atoms with E-state index in [0.29, 0.717) is 5.69 Å². The fraction of sp³-hybridized carbons (Fsp3) is 0.152. The van der Waals surface area contributed by atoms with E-state index in [1.54, 1.807) is 0 Å². The van der Waals surface area contributed by atoms with Crippen molar-refractivity contribution in [2.45, 2.75) is 11.8 Å². The van der Waals surface area contributed by atoms with Crippen LogP contribution in [0.15, 0.2) is 97.1 Å². The van der Waals surface area contributed by atoms with Crippen LogP contribution in [0.25, 0.3) is 0 Å². The number of non-ortho nitro benzene ring substituents is 1. The highest BCUT2D eigenvalue weighted by Crippen LogP contribution is 2.61. The number of esters is 1. The molecule has 1 fully saturated rings. The third-order valence-corrected chi connectivity index (χ3v) is 8.54. The highest BCUT2D eigenvalue weighted by atomic mass is 16.6. The van der Waals surface area contributed by atoms with Gasteiger partial charge in [-0.15, -0.1) is 0 Å². The molecule has 2 unspecified atom stereocenters. The lowest BCUT2D eigenvalue weighted by atomic mass is 9.55. The molecule has 4 aromatic rings. The normalized spacial score (nSPS) is 21.4. The molecule has 0 saturated carbocycles. The molecule has 0 radical (unpaired) electrons. The molecule has 0 spiro atoms. The lowest BCUT2D eigenvalue weighted by molar-refractivity contribution is -0.384. The first-order chi connectivity index (χ1) is 20.3. The van der Waals surface area contributed by atoms with Crippen LogP contribution in [0.3, 0.4) is 0 Å². The zero-order valence-electron chi connectivity index (χ0n) is 22.0. The minimum absolute atomic E-state index is 0.145. The van der Waals surface area contributed by atoms with Crippen LogP contribution in [-0.2, 0) is 14.3 Å². The molecule has 1 heterocycles. The molecule has 2 atom stereocenters. The Morgan fingerprint density at radius 3 is 1.60 bits per heavy atom. The zero-order valence-corrected chi connectivity index (χ0v) is 22.0. The summed E-state index contributed by atoms with van der Waals surface area (Å²) in [5, 5.41) is 10.8. The van der Waals surface area contributed by atoms with Gasteiger partial charge in [0.2, 0.25) is 11.8 Å². The number of nitro benzene ring substituents is 1. The predicted molar refractivity (Wildman–Crippen MR) is 150 cm³/mol. The maximum absolute atomic E-state index is 13.9. The first kappa shape index (κ1) is 25.5. The van der Waals surface area contributed by atoms with E-state index >= 15 is 0 Å². The quantitative estimate of drug-likeness (QED) is 0.107. The second kappa shape index (κ2) is 9.59. The van der Waals surface area contributed by atoms with Gasteiger partial charge in [-0.3, -0.25) is 24.5 Å². The van der Waals surface area contributed by atoms with Crippen molar-refractivity contribution in [3.63, 3.8) is 0 Å². The third-order valence-electron chi connectivity index (χ3n) is 8.54. The maximum Gasteiger partial charge on any atom is 0.338 e. The van der Waals surface area contributed by atoms with Crippen LogP contribution in [-0.4, -0.2) is 35.1 Å². The van der Waals surface area contributed by atoms with Crippen LogP contribution >= 0.6 is 0 Å². The summed E-state index contributed by atoms with van der Waals surface area (Å²) in [5.74, 6) is -3.23. The number of nitrogens with zero attached hydrogens (tertiary/aromatic N) is 2. The number of ketones is 1. The second-order valence-corrected chi connectivity index (χ2v) is 10.6. The van der Waals surface area contributed by atoms with Gasteiger partial charge in [-0.1, -0.05) is 48.5 Å². The van der Waals surface area contributed by atoms with Crippen molar-refractivity contribution in [3.05, 3.63) is 141 Å². The van der Waals surface area contributed by atoms with Crippen molar-refractivity contribution in [3.8, 4) is 0 Å². The maximum atomic E-state index is 13.9. The summed E-state index contributed by atoms with van der Waals surface area (Å²) in [5.41, 5.74) is 4.89. The summed E-state index contributed by atoms with van der Waals surface area (Å²) in [6.07, 6.45) is 0. The Morgan fingerprint density at radius 2 is 1.14 bits per heavy atom. The number of hydrogen-bond donors (Lipinski definition) is 0. The largest absolute Gasteiger partial charge is 0.454 e.